The van der Waals surface area contributed by atoms with Crippen molar-refractivity contribution in [2.75, 3.05) is 26.2 Å². The van der Waals surface area contributed by atoms with Gasteiger partial charge in [-0.2, -0.15) is 0 Å². The van der Waals surface area contributed by atoms with Gasteiger partial charge in [-0.15, -0.1) is 0 Å². The highest BCUT2D eigenvalue weighted by atomic mass is 16.5. The predicted octanol–water partition coefficient (Wildman–Crippen LogP) is 0.517. The molecule has 2 rings (SSSR count). The minimum Gasteiger partial charge on any atom is -0.394 e. The number of rotatable bonds is 2. The van der Waals surface area contributed by atoms with Crippen LogP contribution in [0.3, 0.4) is 0 Å². The number of morpholine rings is 1. The van der Waals surface area contributed by atoms with Crippen LogP contribution in [0.5, 0.6) is 0 Å². The zero-order valence-electron chi connectivity index (χ0n) is 12.0. The molecule has 5 nitrogen and oxygen atoms in total. The minimum absolute atomic E-state index is 0.0364. The van der Waals surface area contributed by atoms with Crippen molar-refractivity contribution in [2.45, 2.75) is 57.3 Å². The highest BCUT2D eigenvalue weighted by Crippen LogP contribution is 2.22. The Morgan fingerprint density at radius 3 is 2.95 bits per heavy atom. The summed E-state index contributed by atoms with van der Waals surface area (Å²) in [7, 11) is 0. The standard InChI is InChI=1S/C14H26N2O3/c1-14(2)10-16(8-11(9-17)19-14)13(18)12-6-4-3-5-7-15-12/h11-12,15,17H,3-10H2,1-2H3. The van der Waals surface area contributed by atoms with E-state index in [2.05, 4.69) is 5.32 Å². The summed E-state index contributed by atoms with van der Waals surface area (Å²) in [5.41, 5.74) is -0.383. The van der Waals surface area contributed by atoms with Crippen LogP contribution in [0, 0.1) is 0 Å². The topological polar surface area (TPSA) is 61.8 Å². The molecule has 0 aromatic rings. The number of amides is 1. The lowest BCUT2D eigenvalue weighted by atomic mass is 10.0. The van der Waals surface area contributed by atoms with E-state index in [1.54, 1.807) is 0 Å². The van der Waals surface area contributed by atoms with Crippen molar-refractivity contribution in [1.82, 2.24) is 10.2 Å². The Morgan fingerprint density at radius 2 is 2.21 bits per heavy atom. The van der Waals surface area contributed by atoms with Crippen LogP contribution in [0.2, 0.25) is 0 Å². The molecule has 0 spiro atoms. The predicted molar refractivity (Wildman–Crippen MR) is 72.9 cm³/mol. The fourth-order valence-electron chi connectivity index (χ4n) is 3.02. The molecule has 0 aliphatic carbocycles. The molecular weight excluding hydrogens is 244 g/mol. The summed E-state index contributed by atoms with van der Waals surface area (Å²) in [6.45, 7) is 5.92. The molecule has 2 N–H and O–H groups in total. The zero-order valence-corrected chi connectivity index (χ0v) is 12.0. The number of ether oxygens (including phenoxy) is 1. The van der Waals surface area contributed by atoms with Crippen molar-refractivity contribution >= 4 is 5.91 Å². The molecule has 1 amide bonds. The first-order valence-electron chi connectivity index (χ1n) is 7.33. The van der Waals surface area contributed by atoms with Crippen molar-refractivity contribution in [3.63, 3.8) is 0 Å². The molecule has 0 radical (unpaired) electrons. The largest absolute Gasteiger partial charge is 0.394 e. The second-order valence-electron chi connectivity index (χ2n) is 6.26. The maximum Gasteiger partial charge on any atom is 0.239 e. The number of aliphatic hydroxyl groups excluding tert-OH is 1. The number of nitrogens with zero attached hydrogens (tertiary/aromatic N) is 1. The van der Waals surface area contributed by atoms with Crippen LogP contribution in [0.25, 0.3) is 0 Å². The van der Waals surface area contributed by atoms with Crippen molar-refractivity contribution in [3.8, 4) is 0 Å². The third-order valence-electron chi connectivity index (χ3n) is 3.86. The normalized spacial score (nSPS) is 31.8. The molecule has 19 heavy (non-hydrogen) atoms. The maximum atomic E-state index is 12.6. The van der Waals surface area contributed by atoms with Crippen molar-refractivity contribution in [1.29, 1.82) is 0 Å². The van der Waals surface area contributed by atoms with E-state index >= 15 is 0 Å². The number of carbonyl (C=O) groups is 1. The molecule has 2 saturated heterocycles. The van der Waals surface area contributed by atoms with Crippen LogP contribution in [0.15, 0.2) is 0 Å². The van der Waals surface area contributed by atoms with Crippen LogP contribution >= 0.6 is 0 Å². The molecule has 2 atom stereocenters. The Hall–Kier alpha value is -0.650. The first-order valence-corrected chi connectivity index (χ1v) is 7.33. The number of hydrogen-bond acceptors (Lipinski definition) is 4. The van der Waals surface area contributed by atoms with Gasteiger partial charge in [0.2, 0.25) is 5.91 Å². The molecule has 2 heterocycles. The fourth-order valence-corrected chi connectivity index (χ4v) is 3.02. The minimum atomic E-state index is -0.383. The van der Waals surface area contributed by atoms with E-state index in [4.69, 9.17) is 4.74 Å². The lowest BCUT2D eigenvalue weighted by molar-refractivity contribution is -0.168. The SMILES string of the molecule is CC1(C)CN(C(=O)C2CCCCCN2)CC(CO)O1. The molecule has 2 unspecified atom stereocenters. The first-order chi connectivity index (χ1) is 9.02. The first kappa shape index (κ1) is 14.8. The van der Waals surface area contributed by atoms with Crippen LogP contribution in [0.4, 0.5) is 0 Å². The van der Waals surface area contributed by atoms with Gasteiger partial charge in [-0.05, 0) is 33.2 Å². The Kier molecular flexibility index (Phi) is 4.81. The molecule has 0 aromatic carbocycles. The third-order valence-corrected chi connectivity index (χ3v) is 3.86. The Labute approximate surface area is 115 Å². The second-order valence-corrected chi connectivity index (χ2v) is 6.26. The van der Waals surface area contributed by atoms with E-state index in [0.717, 1.165) is 25.8 Å². The van der Waals surface area contributed by atoms with Crippen molar-refractivity contribution in [3.05, 3.63) is 0 Å². The fraction of sp³-hybridized carbons (Fsp3) is 0.929. The van der Waals surface area contributed by atoms with Gasteiger partial charge in [-0.25, -0.2) is 0 Å². The summed E-state index contributed by atoms with van der Waals surface area (Å²) in [5, 5.41) is 12.6. The quantitative estimate of drug-likeness (QED) is 0.768. The molecule has 5 heteroatoms. The molecule has 0 saturated carbocycles. The Bertz CT molecular complexity index is 312. The lowest BCUT2D eigenvalue weighted by Crippen LogP contribution is -2.59. The summed E-state index contributed by atoms with van der Waals surface area (Å²) in [5.74, 6) is 0.164. The van der Waals surface area contributed by atoms with Gasteiger partial charge in [0.15, 0.2) is 0 Å². The van der Waals surface area contributed by atoms with Gasteiger partial charge < -0.3 is 20.1 Å². The highest BCUT2D eigenvalue weighted by molar-refractivity contribution is 5.82. The highest BCUT2D eigenvalue weighted by Gasteiger charge is 2.37. The molecular formula is C14H26N2O3. The second kappa shape index (κ2) is 6.20. The molecule has 2 fully saturated rings. The van der Waals surface area contributed by atoms with E-state index < -0.39 is 0 Å². The lowest BCUT2D eigenvalue weighted by Gasteiger charge is -2.43. The number of carbonyl (C=O) groups excluding carboxylic acids is 1. The van der Waals surface area contributed by atoms with Crippen LogP contribution in [0.1, 0.15) is 39.5 Å². The summed E-state index contributed by atoms with van der Waals surface area (Å²) >= 11 is 0. The van der Waals surface area contributed by atoms with Gasteiger partial charge in [-0.1, -0.05) is 12.8 Å². The van der Waals surface area contributed by atoms with E-state index in [-0.39, 0.29) is 30.3 Å². The van der Waals surface area contributed by atoms with E-state index in [1.807, 2.05) is 18.7 Å². The molecule has 110 valence electrons. The number of aliphatic hydroxyl groups is 1. The average molecular weight is 270 g/mol. The van der Waals surface area contributed by atoms with E-state index in [9.17, 15) is 9.90 Å². The molecule has 2 aliphatic heterocycles. The van der Waals surface area contributed by atoms with Gasteiger partial charge in [0.25, 0.3) is 0 Å². The summed E-state index contributed by atoms with van der Waals surface area (Å²) in [6, 6.07) is -0.0595. The average Bonchev–Trinajstić information content (AvgIpc) is 2.64. The maximum absolute atomic E-state index is 12.6. The Morgan fingerprint density at radius 1 is 1.42 bits per heavy atom. The summed E-state index contributed by atoms with van der Waals surface area (Å²) in [4.78, 5) is 14.4. The van der Waals surface area contributed by atoms with Crippen LogP contribution < -0.4 is 5.32 Å². The summed E-state index contributed by atoms with van der Waals surface area (Å²) in [6.07, 6.45) is 4.11. The van der Waals surface area contributed by atoms with Gasteiger partial charge in [-0.3, -0.25) is 4.79 Å². The molecule has 0 aromatic heterocycles. The Balaban J connectivity index is 2.00. The van der Waals surface area contributed by atoms with Gasteiger partial charge in [0.1, 0.15) is 0 Å². The van der Waals surface area contributed by atoms with Crippen LogP contribution in [-0.4, -0.2) is 59.9 Å². The third kappa shape index (κ3) is 3.91. The molecule has 2 aliphatic rings. The van der Waals surface area contributed by atoms with Gasteiger partial charge >= 0.3 is 0 Å². The van der Waals surface area contributed by atoms with Crippen molar-refractivity contribution < 1.29 is 14.6 Å². The van der Waals surface area contributed by atoms with Gasteiger partial charge in [0.05, 0.1) is 24.4 Å². The smallest absolute Gasteiger partial charge is 0.239 e. The van der Waals surface area contributed by atoms with Crippen LogP contribution in [-0.2, 0) is 9.53 Å². The van der Waals surface area contributed by atoms with Gasteiger partial charge in [0, 0.05) is 13.1 Å². The van der Waals surface area contributed by atoms with Crippen molar-refractivity contribution in [2.24, 2.45) is 0 Å². The zero-order chi connectivity index (χ0) is 13.9. The molecule has 0 bridgehead atoms. The van der Waals surface area contributed by atoms with E-state index in [1.165, 1.54) is 6.42 Å². The summed E-state index contributed by atoms with van der Waals surface area (Å²) < 4.78 is 5.75. The van der Waals surface area contributed by atoms with E-state index in [0.29, 0.717) is 13.1 Å². The number of hydrogen-bond donors (Lipinski definition) is 2. The monoisotopic (exact) mass is 270 g/mol. The number of nitrogens with one attached hydrogen (secondary N) is 1.